The van der Waals surface area contributed by atoms with Crippen LogP contribution in [0.3, 0.4) is 0 Å². The van der Waals surface area contributed by atoms with Crippen molar-refractivity contribution in [1.82, 2.24) is 4.90 Å². The van der Waals surface area contributed by atoms with Crippen molar-refractivity contribution in [3.63, 3.8) is 0 Å². The first-order valence-corrected chi connectivity index (χ1v) is 7.95. The van der Waals surface area contributed by atoms with Crippen LogP contribution < -0.4 is 5.73 Å². The molecule has 0 spiro atoms. The SMILES string of the molecule is CCN(CCC(N)c1cccc(F)c1)C1CCCCC1. The van der Waals surface area contributed by atoms with Crippen LogP contribution in [0.2, 0.25) is 0 Å². The molecule has 0 amide bonds. The average Bonchev–Trinajstić information content (AvgIpc) is 2.49. The highest BCUT2D eigenvalue weighted by Gasteiger charge is 2.20. The maximum Gasteiger partial charge on any atom is 0.123 e. The number of hydrogen-bond acceptors (Lipinski definition) is 2. The lowest BCUT2D eigenvalue weighted by Gasteiger charge is -2.34. The van der Waals surface area contributed by atoms with Gasteiger partial charge in [0.25, 0.3) is 0 Å². The second kappa shape index (κ2) is 7.75. The van der Waals surface area contributed by atoms with Crippen LogP contribution in [-0.4, -0.2) is 24.0 Å². The molecule has 2 N–H and O–H groups in total. The molecule has 0 aliphatic heterocycles. The zero-order valence-corrected chi connectivity index (χ0v) is 12.5. The molecule has 2 nitrogen and oxygen atoms in total. The minimum absolute atomic E-state index is 0.0664. The summed E-state index contributed by atoms with van der Waals surface area (Å²) < 4.78 is 13.2. The number of halogens is 1. The molecule has 1 unspecified atom stereocenters. The number of benzene rings is 1. The van der Waals surface area contributed by atoms with Gasteiger partial charge in [0, 0.05) is 18.6 Å². The van der Waals surface area contributed by atoms with E-state index < -0.39 is 0 Å². The molecule has 0 heterocycles. The maximum absolute atomic E-state index is 13.2. The van der Waals surface area contributed by atoms with E-state index in [2.05, 4.69) is 11.8 Å². The molecule has 0 aromatic heterocycles. The minimum Gasteiger partial charge on any atom is -0.324 e. The molecule has 3 heteroatoms. The predicted octanol–water partition coefficient (Wildman–Crippen LogP) is 3.87. The van der Waals surface area contributed by atoms with Crippen molar-refractivity contribution in [3.05, 3.63) is 35.6 Å². The van der Waals surface area contributed by atoms with E-state index in [1.54, 1.807) is 12.1 Å². The zero-order chi connectivity index (χ0) is 14.4. The third-order valence-corrected chi connectivity index (χ3v) is 4.50. The van der Waals surface area contributed by atoms with Gasteiger partial charge in [0.05, 0.1) is 0 Å². The predicted molar refractivity (Wildman–Crippen MR) is 82.1 cm³/mol. The van der Waals surface area contributed by atoms with Crippen molar-refractivity contribution >= 4 is 0 Å². The van der Waals surface area contributed by atoms with E-state index in [0.29, 0.717) is 0 Å². The molecule has 1 aliphatic carbocycles. The van der Waals surface area contributed by atoms with E-state index in [-0.39, 0.29) is 11.9 Å². The third-order valence-electron chi connectivity index (χ3n) is 4.50. The Kier molecular flexibility index (Phi) is 5.99. The summed E-state index contributed by atoms with van der Waals surface area (Å²) in [6, 6.07) is 7.35. The first-order valence-electron chi connectivity index (χ1n) is 7.95. The molecular formula is C17H27FN2. The Morgan fingerprint density at radius 2 is 2.05 bits per heavy atom. The Morgan fingerprint density at radius 1 is 1.30 bits per heavy atom. The smallest absolute Gasteiger partial charge is 0.123 e. The van der Waals surface area contributed by atoms with Gasteiger partial charge in [0.2, 0.25) is 0 Å². The molecule has 0 bridgehead atoms. The first-order chi connectivity index (χ1) is 9.70. The summed E-state index contributed by atoms with van der Waals surface area (Å²) in [5.41, 5.74) is 7.11. The van der Waals surface area contributed by atoms with Crippen molar-refractivity contribution in [2.45, 2.75) is 57.5 Å². The van der Waals surface area contributed by atoms with Gasteiger partial charge < -0.3 is 10.6 Å². The number of rotatable bonds is 6. The Hall–Kier alpha value is -0.930. The maximum atomic E-state index is 13.2. The quantitative estimate of drug-likeness (QED) is 0.856. The fourth-order valence-electron chi connectivity index (χ4n) is 3.25. The second-order valence-corrected chi connectivity index (χ2v) is 5.87. The Labute approximate surface area is 122 Å². The van der Waals surface area contributed by atoms with Crippen LogP contribution in [0.15, 0.2) is 24.3 Å². The molecule has 112 valence electrons. The fraction of sp³-hybridized carbons (Fsp3) is 0.647. The molecule has 1 atom stereocenters. The Morgan fingerprint density at radius 3 is 2.70 bits per heavy atom. The van der Waals surface area contributed by atoms with Crippen LogP contribution in [0.1, 0.15) is 57.1 Å². The summed E-state index contributed by atoms with van der Waals surface area (Å²) in [4.78, 5) is 2.55. The Balaban J connectivity index is 1.85. The highest BCUT2D eigenvalue weighted by Crippen LogP contribution is 2.24. The van der Waals surface area contributed by atoms with Crippen molar-refractivity contribution < 1.29 is 4.39 Å². The summed E-state index contributed by atoms with van der Waals surface area (Å²) in [5, 5.41) is 0. The molecule has 1 aliphatic rings. The van der Waals surface area contributed by atoms with Gasteiger partial charge in [-0.25, -0.2) is 4.39 Å². The number of nitrogens with zero attached hydrogens (tertiary/aromatic N) is 1. The van der Waals surface area contributed by atoms with Crippen molar-refractivity contribution in [2.24, 2.45) is 5.73 Å². The van der Waals surface area contributed by atoms with Crippen LogP contribution in [0, 0.1) is 5.82 Å². The molecule has 1 aromatic carbocycles. The van der Waals surface area contributed by atoms with Gasteiger partial charge in [-0.15, -0.1) is 0 Å². The lowest BCUT2D eigenvalue weighted by molar-refractivity contribution is 0.159. The van der Waals surface area contributed by atoms with E-state index in [1.165, 1.54) is 38.2 Å². The largest absolute Gasteiger partial charge is 0.324 e. The third kappa shape index (κ3) is 4.29. The van der Waals surface area contributed by atoms with E-state index in [9.17, 15) is 4.39 Å². The molecule has 1 saturated carbocycles. The van der Waals surface area contributed by atoms with Crippen molar-refractivity contribution in [1.29, 1.82) is 0 Å². The normalized spacial score (nSPS) is 18.4. The first kappa shape index (κ1) is 15.5. The lowest BCUT2D eigenvalue weighted by atomic mass is 9.93. The molecular weight excluding hydrogens is 251 g/mol. The highest BCUT2D eigenvalue weighted by atomic mass is 19.1. The van der Waals surface area contributed by atoms with Gasteiger partial charge in [-0.1, -0.05) is 38.3 Å². The zero-order valence-electron chi connectivity index (χ0n) is 12.5. The molecule has 1 aromatic rings. The molecule has 20 heavy (non-hydrogen) atoms. The van der Waals surface area contributed by atoms with E-state index in [0.717, 1.165) is 31.1 Å². The molecule has 0 radical (unpaired) electrons. The van der Waals surface area contributed by atoms with Gasteiger partial charge in [-0.3, -0.25) is 0 Å². The van der Waals surface area contributed by atoms with Crippen LogP contribution in [0.25, 0.3) is 0 Å². The summed E-state index contributed by atoms with van der Waals surface area (Å²) in [6.45, 7) is 4.32. The van der Waals surface area contributed by atoms with Crippen molar-refractivity contribution in [2.75, 3.05) is 13.1 Å². The highest BCUT2D eigenvalue weighted by molar-refractivity contribution is 5.19. The summed E-state index contributed by atoms with van der Waals surface area (Å²) in [5.74, 6) is -0.197. The summed E-state index contributed by atoms with van der Waals surface area (Å²) in [6.07, 6.45) is 7.64. The summed E-state index contributed by atoms with van der Waals surface area (Å²) in [7, 11) is 0. The fourth-order valence-corrected chi connectivity index (χ4v) is 3.25. The van der Waals surface area contributed by atoms with Gasteiger partial charge in [-0.2, -0.15) is 0 Å². The molecule has 2 rings (SSSR count). The van der Waals surface area contributed by atoms with E-state index >= 15 is 0 Å². The van der Waals surface area contributed by atoms with Gasteiger partial charge in [0.15, 0.2) is 0 Å². The Bertz CT molecular complexity index is 402. The van der Waals surface area contributed by atoms with Crippen LogP contribution >= 0.6 is 0 Å². The van der Waals surface area contributed by atoms with Crippen LogP contribution in [0.4, 0.5) is 4.39 Å². The number of hydrogen-bond donors (Lipinski definition) is 1. The van der Waals surface area contributed by atoms with Gasteiger partial charge in [-0.05, 0) is 43.5 Å². The molecule has 0 saturated heterocycles. The average molecular weight is 278 g/mol. The number of nitrogens with two attached hydrogens (primary N) is 1. The second-order valence-electron chi connectivity index (χ2n) is 5.87. The van der Waals surface area contributed by atoms with Gasteiger partial charge in [0.1, 0.15) is 5.82 Å². The molecule has 1 fully saturated rings. The van der Waals surface area contributed by atoms with Crippen LogP contribution in [-0.2, 0) is 0 Å². The summed E-state index contributed by atoms with van der Waals surface area (Å²) >= 11 is 0. The van der Waals surface area contributed by atoms with Crippen LogP contribution in [0.5, 0.6) is 0 Å². The lowest BCUT2D eigenvalue weighted by Crippen LogP contribution is -2.38. The van der Waals surface area contributed by atoms with Crippen molar-refractivity contribution in [3.8, 4) is 0 Å². The van der Waals surface area contributed by atoms with E-state index in [1.807, 2.05) is 6.07 Å². The van der Waals surface area contributed by atoms with E-state index in [4.69, 9.17) is 5.73 Å². The topological polar surface area (TPSA) is 29.3 Å². The van der Waals surface area contributed by atoms with Gasteiger partial charge >= 0.3 is 0 Å². The standard InChI is InChI=1S/C17H27FN2/c1-2-20(16-9-4-3-5-10-16)12-11-17(19)14-7-6-8-15(18)13-14/h6-8,13,16-17H,2-5,9-12,19H2,1H3. The minimum atomic E-state index is -0.197. The monoisotopic (exact) mass is 278 g/mol.